The molecular weight excluding hydrogens is 252 g/mol. The second kappa shape index (κ2) is 6.98. The SMILES string of the molecule is COc1ccc(N)cc1C(=O)NCCC1=CCCCC1. The van der Waals surface area contributed by atoms with Crippen LogP contribution in [0, 0.1) is 0 Å². The Kier molecular flexibility index (Phi) is 5.04. The monoisotopic (exact) mass is 274 g/mol. The minimum absolute atomic E-state index is 0.134. The van der Waals surface area contributed by atoms with E-state index < -0.39 is 0 Å². The number of nitrogen functional groups attached to an aromatic ring is 1. The van der Waals surface area contributed by atoms with Crippen LogP contribution >= 0.6 is 0 Å². The zero-order chi connectivity index (χ0) is 14.4. The number of methoxy groups -OCH3 is 1. The Labute approximate surface area is 120 Å². The quantitative estimate of drug-likeness (QED) is 0.641. The molecule has 0 radical (unpaired) electrons. The lowest BCUT2D eigenvalue weighted by atomic mass is 9.97. The van der Waals surface area contributed by atoms with Gasteiger partial charge in [0.2, 0.25) is 0 Å². The molecule has 4 nitrogen and oxygen atoms in total. The van der Waals surface area contributed by atoms with Gasteiger partial charge in [-0.3, -0.25) is 4.79 Å². The summed E-state index contributed by atoms with van der Waals surface area (Å²) in [4.78, 5) is 12.2. The van der Waals surface area contributed by atoms with E-state index in [1.165, 1.54) is 24.8 Å². The lowest BCUT2D eigenvalue weighted by molar-refractivity contribution is 0.0951. The maximum absolute atomic E-state index is 12.2. The highest BCUT2D eigenvalue weighted by Gasteiger charge is 2.12. The molecule has 0 atom stereocenters. The van der Waals surface area contributed by atoms with Crippen molar-refractivity contribution in [3.63, 3.8) is 0 Å². The van der Waals surface area contributed by atoms with Crippen molar-refractivity contribution in [2.75, 3.05) is 19.4 Å². The van der Waals surface area contributed by atoms with Crippen molar-refractivity contribution >= 4 is 11.6 Å². The largest absolute Gasteiger partial charge is 0.496 e. The standard InChI is InChI=1S/C16H22N2O2/c1-20-15-8-7-13(17)11-14(15)16(19)18-10-9-12-5-3-2-4-6-12/h5,7-8,11H,2-4,6,9-10,17H2,1H3,(H,18,19). The van der Waals surface area contributed by atoms with Gasteiger partial charge in [0.05, 0.1) is 12.7 Å². The van der Waals surface area contributed by atoms with E-state index in [0.29, 0.717) is 23.5 Å². The highest BCUT2D eigenvalue weighted by molar-refractivity contribution is 5.97. The number of carbonyl (C=O) groups excluding carboxylic acids is 1. The maximum Gasteiger partial charge on any atom is 0.255 e. The first kappa shape index (κ1) is 14.4. The molecule has 0 saturated heterocycles. The maximum atomic E-state index is 12.2. The normalized spacial score (nSPS) is 14.6. The number of ether oxygens (including phenoxy) is 1. The van der Waals surface area contributed by atoms with Crippen LogP contribution in [0.4, 0.5) is 5.69 Å². The molecule has 4 heteroatoms. The zero-order valence-electron chi connectivity index (χ0n) is 11.9. The third-order valence-corrected chi connectivity index (χ3v) is 3.58. The third-order valence-electron chi connectivity index (χ3n) is 3.58. The number of carbonyl (C=O) groups is 1. The molecule has 0 bridgehead atoms. The van der Waals surface area contributed by atoms with E-state index in [1.807, 2.05) is 0 Å². The number of hydrogen-bond donors (Lipinski definition) is 2. The molecule has 1 amide bonds. The molecule has 20 heavy (non-hydrogen) atoms. The van der Waals surface area contributed by atoms with Crippen molar-refractivity contribution in [3.05, 3.63) is 35.4 Å². The second-order valence-electron chi connectivity index (χ2n) is 5.07. The minimum atomic E-state index is -0.134. The lowest BCUT2D eigenvalue weighted by Crippen LogP contribution is -2.25. The Balaban J connectivity index is 1.91. The Morgan fingerprint density at radius 2 is 2.25 bits per heavy atom. The van der Waals surface area contributed by atoms with Gasteiger partial charge in [-0.1, -0.05) is 11.6 Å². The molecule has 2 rings (SSSR count). The van der Waals surface area contributed by atoms with Crippen molar-refractivity contribution in [2.45, 2.75) is 32.1 Å². The number of amides is 1. The first-order valence-corrected chi connectivity index (χ1v) is 7.10. The van der Waals surface area contributed by atoms with Crippen LogP contribution < -0.4 is 15.8 Å². The predicted octanol–water partition coefficient (Wildman–Crippen LogP) is 2.90. The average molecular weight is 274 g/mol. The average Bonchev–Trinajstić information content (AvgIpc) is 2.48. The number of anilines is 1. The van der Waals surface area contributed by atoms with Crippen molar-refractivity contribution in [1.29, 1.82) is 0 Å². The molecule has 1 aliphatic rings. The van der Waals surface area contributed by atoms with E-state index in [-0.39, 0.29) is 5.91 Å². The highest BCUT2D eigenvalue weighted by Crippen LogP contribution is 2.22. The summed E-state index contributed by atoms with van der Waals surface area (Å²) in [6, 6.07) is 5.09. The van der Waals surface area contributed by atoms with Crippen LogP contribution in [-0.2, 0) is 0 Å². The minimum Gasteiger partial charge on any atom is -0.496 e. The second-order valence-corrected chi connectivity index (χ2v) is 5.07. The number of nitrogens with one attached hydrogen (secondary N) is 1. The molecule has 0 aliphatic heterocycles. The number of rotatable bonds is 5. The van der Waals surface area contributed by atoms with Crippen LogP contribution in [0.1, 0.15) is 42.5 Å². The summed E-state index contributed by atoms with van der Waals surface area (Å²) >= 11 is 0. The Morgan fingerprint density at radius 1 is 1.40 bits per heavy atom. The van der Waals surface area contributed by atoms with Crippen molar-refractivity contribution in [2.24, 2.45) is 0 Å². The van der Waals surface area contributed by atoms with Crippen molar-refractivity contribution < 1.29 is 9.53 Å². The lowest BCUT2D eigenvalue weighted by Gasteiger charge is -2.14. The predicted molar refractivity (Wildman–Crippen MR) is 80.9 cm³/mol. The van der Waals surface area contributed by atoms with Gasteiger partial charge < -0.3 is 15.8 Å². The van der Waals surface area contributed by atoms with Gasteiger partial charge in [-0.15, -0.1) is 0 Å². The molecule has 1 aromatic rings. The Hall–Kier alpha value is -1.97. The number of hydrogen-bond acceptors (Lipinski definition) is 3. The van der Waals surface area contributed by atoms with Crippen LogP contribution in [0.2, 0.25) is 0 Å². The van der Waals surface area contributed by atoms with Gasteiger partial charge in [-0.25, -0.2) is 0 Å². The molecule has 0 heterocycles. The Bertz CT molecular complexity index is 509. The summed E-state index contributed by atoms with van der Waals surface area (Å²) in [5.41, 5.74) is 8.23. The number of allylic oxidation sites excluding steroid dienone is 1. The van der Waals surface area contributed by atoms with E-state index in [4.69, 9.17) is 10.5 Å². The smallest absolute Gasteiger partial charge is 0.255 e. The highest BCUT2D eigenvalue weighted by atomic mass is 16.5. The van der Waals surface area contributed by atoms with Gasteiger partial charge in [0, 0.05) is 12.2 Å². The van der Waals surface area contributed by atoms with E-state index in [1.54, 1.807) is 25.3 Å². The summed E-state index contributed by atoms with van der Waals surface area (Å²) in [6.07, 6.45) is 8.12. The molecule has 108 valence electrons. The summed E-state index contributed by atoms with van der Waals surface area (Å²) in [7, 11) is 1.55. The van der Waals surface area contributed by atoms with Gasteiger partial charge in [-0.2, -0.15) is 0 Å². The van der Waals surface area contributed by atoms with Crippen LogP contribution in [-0.4, -0.2) is 19.6 Å². The number of benzene rings is 1. The molecule has 0 fully saturated rings. The van der Waals surface area contributed by atoms with E-state index in [9.17, 15) is 4.79 Å². The van der Waals surface area contributed by atoms with Crippen molar-refractivity contribution in [1.82, 2.24) is 5.32 Å². The molecule has 3 N–H and O–H groups in total. The summed E-state index contributed by atoms with van der Waals surface area (Å²) in [6.45, 7) is 0.655. The number of nitrogens with two attached hydrogens (primary N) is 1. The summed E-state index contributed by atoms with van der Waals surface area (Å²) in [5.74, 6) is 0.416. The first-order chi connectivity index (χ1) is 9.70. The van der Waals surface area contributed by atoms with Crippen LogP contribution in [0.15, 0.2) is 29.8 Å². The fourth-order valence-electron chi connectivity index (χ4n) is 2.47. The Morgan fingerprint density at radius 3 is 2.95 bits per heavy atom. The van der Waals surface area contributed by atoms with Crippen LogP contribution in [0.5, 0.6) is 5.75 Å². The van der Waals surface area contributed by atoms with Gasteiger partial charge in [0.15, 0.2) is 0 Å². The van der Waals surface area contributed by atoms with Gasteiger partial charge in [0.1, 0.15) is 5.75 Å². The third kappa shape index (κ3) is 3.76. The fraction of sp³-hybridized carbons (Fsp3) is 0.438. The van der Waals surface area contributed by atoms with Gasteiger partial charge in [0.25, 0.3) is 5.91 Å². The summed E-state index contributed by atoms with van der Waals surface area (Å²) < 4.78 is 5.19. The first-order valence-electron chi connectivity index (χ1n) is 7.10. The van der Waals surface area contributed by atoms with E-state index in [0.717, 1.165) is 12.8 Å². The topological polar surface area (TPSA) is 64.3 Å². The van der Waals surface area contributed by atoms with Crippen LogP contribution in [0.25, 0.3) is 0 Å². The molecule has 0 saturated carbocycles. The molecule has 1 aliphatic carbocycles. The summed E-state index contributed by atoms with van der Waals surface area (Å²) in [5, 5.41) is 2.93. The van der Waals surface area contributed by atoms with Gasteiger partial charge in [-0.05, 0) is 50.3 Å². The molecular formula is C16H22N2O2. The van der Waals surface area contributed by atoms with E-state index in [2.05, 4.69) is 11.4 Å². The molecule has 0 aromatic heterocycles. The molecule has 0 unspecified atom stereocenters. The molecule has 0 spiro atoms. The zero-order valence-corrected chi connectivity index (χ0v) is 11.9. The fourth-order valence-corrected chi connectivity index (χ4v) is 2.47. The van der Waals surface area contributed by atoms with Crippen molar-refractivity contribution in [3.8, 4) is 5.75 Å². The van der Waals surface area contributed by atoms with Crippen LogP contribution in [0.3, 0.4) is 0 Å². The van der Waals surface area contributed by atoms with Gasteiger partial charge >= 0.3 is 0 Å². The molecule has 1 aromatic carbocycles. The van der Waals surface area contributed by atoms with E-state index >= 15 is 0 Å².